The topological polar surface area (TPSA) is 207 Å². The summed E-state index contributed by atoms with van der Waals surface area (Å²) in [5.74, 6) is -2.48. The molecule has 336 valence electrons. The van der Waals surface area contributed by atoms with E-state index in [0.717, 1.165) is 31.9 Å². The lowest BCUT2D eigenvalue weighted by Crippen LogP contribution is -2.78. The summed E-state index contributed by atoms with van der Waals surface area (Å²) in [5, 5.41) is 13.9. The van der Waals surface area contributed by atoms with Gasteiger partial charge in [0.05, 0.1) is 33.0 Å². The first-order chi connectivity index (χ1) is 30.4. The second-order valence-electron chi connectivity index (χ2n) is 15.1. The number of amides is 1. The van der Waals surface area contributed by atoms with E-state index in [1.165, 1.54) is 0 Å². The Morgan fingerprint density at radius 1 is 0.540 bits per heavy atom. The van der Waals surface area contributed by atoms with Gasteiger partial charge in [-0.2, -0.15) is 0 Å². The number of benzene rings is 4. The largest absolute Gasteiger partial charge is 0.463 e. The summed E-state index contributed by atoms with van der Waals surface area (Å²) in [6.45, 7) is 2.65. The number of carbonyl (C=O) groups excluding carboxylic acids is 4. The average Bonchev–Trinajstić information content (AvgIpc) is 3.27. The fourth-order valence-electron chi connectivity index (χ4n) is 7.65. The molecule has 3 N–H and O–H groups in total. The van der Waals surface area contributed by atoms with Gasteiger partial charge in [-0.15, -0.1) is 0 Å². The Morgan fingerprint density at radius 3 is 1.49 bits per heavy atom. The smallest absolute Gasteiger partial charge is 0.405 e. The molecule has 10 atom stereocenters. The predicted molar refractivity (Wildman–Crippen MR) is 222 cm³/mol. The van der Waals surface area contributed by atoms with Gasteiger partial charge < -0.3 is 58.2 Å². The van der Waals surface area contributed by atoms with Crippen LogP contribution in [0, 0.1) is 0 Å². The molecule has 2 fully saturated rings. The lowest BCUT2D eigenvalue weighted by molar-refractivity contribution is -0.397. The molecule has 0 radical (unpaired) electrons. The van der Waals surface area contributed by atoms with Crippen LogP contribution in [0.15, 0.2) is 121 Å². The number of primary amides is 1. The van der Waals surface area contributed by atoms with Crippen molar-refractivity contribution in [3.8, 4) is 0 Å². The van der Waals surface area contributed by atoms with Crippen molar-refractivity contribution in [1.29, 1.82) is 0 Å². The molecule has 16 nitrogen and oxygen atoms in total. The number of hydrogen-bond donors (Lipinski definition) is 2. The van der Waals surface area contributed by atoms with E-state index in [0.29, 0.717) is 11.1 Å². The Kier molecular flexibility index (Phi) is 16.8. The third-order valence-corrected chi connectivity index (χ3v) is 10.4. The van der Waals surface area contributed by atoms with Gasteiger partial charge in [0.15, 0.2) is 30.2 Å². The molecule has 2 aliphatic heterocycles. The quantitative estimate of drug-likeness (QED) is 0.0967. The van der Waals surface area contributed by atoms with Crippen LogP contribution in [0.2, 0.25) is 0 Å². The normalized spacial score (nSPS) is 26.8. The monoisotopic (exact) mass is 871 g/mol. The van der Waals surface area contributed by atoms with Crippen LogP contribution in [-0.2, 0) is 88.2 Å². The molecule has 0 spiro atoms. The van der Waals surface area contributed by atoms with Crippen molar-refractivity contribution in [1.82, 2.24) is 0 Å². The first kappa shape index (κ1) is 46.8. The van der Waals surface area contributed by atoms with Gasteiger partial charge >= 0.3 is 24.0 Å². The van der Waals surface area contributed by atoms with Crippen molar-refractivity contribution < 1.29 is 71.7 Å². The van der Waals surface area contributed by atoms with Gasteiger partial charge in [0.25, 0.3) is 0 Å². The summed E-state index contributed by atoms with van der Waals surface area (Å²) in [7, 11) is 0. The fraction of sp³-hybridized carbons (Fsp3) is 0.404. The van der Waals surface area contributed by atoms with Gasteiger partial charge in [-0.3, -0.25) is 14.4 Å². The molecule has 16 heteroatoms. The van der Waals surface area contributed by atoms with Crippen LogP contribution in [0.3, 0.4) is 0 Å². The Balaban J connectivity index is 1.52. The summed E-state index contributed by atoms with van der Waals surface area (Å²) in [6.07, 6.45) is -15.2. The third kappa shape index (κ3) is 12.7. The predicted octanol–water partition coefficient (Wildman–Crippen LogP) is 4.70. The highest BCUT2D eigenvalue weighted by Crippen LogP contribution is 2.45. The molecule has 2 aliphatic rings. The van der Waals surface area contributed by atoms with Crippen LogP contribution in [0.4, 0.5) is 4.79 Å². The number of rotatable bonds is 19. The molecule has 63 heavy (non-hydrogen) atoms. The van der Waals surface area contributed by atoms with Crippen molar-refractivity contribution >= 4 is 24.0 Å². The van der Waals surface area contributed by atoms with Gasteiger partial charge in [-0.05, 0) is 22.3 Å². The zero-order chi connectivity index (χ0) is 44.8. The fourth-order valence-corrected chi connectivity index (χ4v) is 7.65. The van der Waals surface area contributed by atoms with Crippen molar-refractivity contribution in [2.45, 2.75) is 108 Å². The van der Waals surface area contributed by atoms with Crippen LogP contribution in [-0.4, -0.2) is 103 Å². The van der Waals surface area contributed by atoms with Gasteiger partial charge in [-0.25, -0.2) is 4.79 Å². The molecular formula is C47H53NO15. The lowest BCUT2D eigenvalue weighted by Gasteiger charge is -2.57. The Morgan fingerprint density at radius 2 is 1.00 bits per heavy atom. The van der Waals surface area contributed by atoms with E-state index in [-0.39, 0.29) is 33.0 Å². The van der Waals surface area contributed by atoms with Crippen LogP contribution in [0.1, 0.15) is 43.0 Å². The molecule has 0 saturated carbocycles. The molecule has 4 aromatic rings. The van der Waals surface area contributed by atoms with E-state index in [9.17, 15) is 24.3 Å². The minimum atomic E-state index is -2.59. The van der Waals surface area contributed by atoms with Crippen molar-refractivity contribution in [2.75, 3.05) is 13.2 Å². The zero-order valence-electron chi connectivity index (χ0n) is 35.2. The lowest BCUT2D eigenvalue weighted by atomic mass is 9.76. The average molecular weight is 872 g/mol. The molecular weight excluding hydrogens is 819 g/mol. The standard InChI is InChI=1S/C47H53NO15/c1-30(49)55-29-38-39(59-31(2)50)41(63-46(48)52)42(60-32(3)51)44(61-38)47(53)43(57-26-35-20-12-6-13-21-35)40(56-25-34-18-10-5-11-19-34)37(28-54-24-33-16-8-4-9-17-33)62-45(47)58-27-36-22-14-7-15-23-36/h4-23,37-45,53H,24-29H2,1-3H3,(H2,48,52)/t37-,38+,39+,40+,41-,42-,43-,44-,45-,47+/m0/s1. The zero-order valence-corrected chi connectivity index (χ0v) is 35.2. The maximum atomic E-state index is 13.9. The Bertz CT molecular complexity index is 2060. The summed E-state index contributed by atoms with van der Waals surface area (Å²) >= 11 is 0. The summed E-state index contributed by atoms with van der Waals surface area (Å²) in [5.41, 5.74) is 6.09. The molecule has 2 saturated heterocycles. The maximum absolute atomic E-state index is 13.9. The van der Waals surface area contributed by atoms with E-state index < -0.39 is 91.3 Å². The first-order valence-corrected chi connectivity index (χ1v) is 20.5. The van der Waals surface area contributed by atoms with Crippen LogP contribution in [0.5, 0.6) is 0 Å². The van der Waals surface area contributed by atoms with Crippen molar-refractivity contribution in [3.63, 3.8) is 0 Å². The number of hydrogen-bond acceptors (Lipinski definition) is 15. The molecule has 2 heterocycles. The second kappa shape index (κ2) is 22.6. The highest BCUT2D eigenvalue weighted by molar-refractivity contribution is 5.68. The second-order valence-corrected chi connectivity index (χ2v) is 15.1. The SMILES string of the molecule is CC(=O)OC[C@H]1O[C@H]([C@@]2(O)[C@@H](OCc3ccccc3)O[C@@H](COCc3ccccc3)[C@@H](OCc3ccccc3)[C@@H]2OCc2ccccc2)[C@@H](OC(C)=O)[C@@H](OC(N)=O)[C@@H]1OC(C)=O. The van der Waals surface area contributed by atoms with Crippen LogP contribution >= 0.6 is 0 Å². The number of esters is 3. The number of nitrogens with two attached hydrogens (primary N) is 1. The molecule has 4 aromatic carbocycles. The summed E-state index contributed by atoms with van der Waals surface area (Å²) in [6, 6.07) is 37.0. The molecule has 0 unspecified atom stereocenters. The molecule has 6 rings (SSSR count). The third-order valence-electron chi connectivity index (χ3n) is 10.4. The highest BCUT2D eigenvalue weighted by Gasteiger charge is 2.68. The van der Waals surface area contributed by atoms with Gasteiger partial charge in [0, 0.05) is 20.8 Å². The molecule has 0 bridgehead atoms. The number of aliphatic hydroxyl groups is 1. The first-order valence-electron chi connectivity index (χ1n) is 20.5. The van der Waals surface area contributed by atoms with Crippen molar-refractivity contribution in [3.05, 3.63) is 144 Å². The van der Waals surface area contributed by atoms with E-state index in [1.807, 2.05) is 121 Å². The van der Waals surface area contributed by atoms with E-state index in [2.05, 4.69) is 0 Å². The van der Waals surface area contributed by atoms with Gasteiger partial charge in [-0.1, -0.05) is 121 Å². The molecule has 0 aliphatic carbocycles. The van der Waals surface area contributed by atoms with E-state index in [4.69, 9.17) is 53.1 Å². The van der Waals surface area contributed by atoms with Gasteiger partial charge in [0.2, 0.25) is 0 Å². The summed E-state index contributed by atoms with van der Waals surface area (Å²) in [4.78, 5) is 50.5. The maximum Gasteiger partial charge on any atom is 0.405 e. The van der Waals surface area contributed by atoms with Crippen molar-refractivity contribution in [2.24, 2.45) is 5.73 Å². The Hall–Kier alpha value is -5.72. The highest BCUT2D eigenvalue weighted by atomic mass is 16.7. The minimum absolute atomic E-state index is 0.0107. The molecule has 1 amide bonds. The summed E-state index contributed by atoms with van der Waals surface area (Å²) < 4.78 is 62.1. The van der Waals surface area contributed by atoms with Gasteiger partial charge in [0.1, 0.15) is 37.1 Å². The Labute approximate surface area is 365 Å². The van der Waals surface area contributed by atoms with Crippen LogP contribution in [0.25, 0.3) is 0 Å². The van der Waals surface area contributed by atoms with Crippen LogP contribution < -0.4 is 5.73 Å². The minimum Gasteiger partial charge on any atom is -0.463 e. The van der Waals surface area contributed by atoms with E-state index in [1.54, 1.807) is 0 Å². The van der Waals surface area contributed by atoms with E-state index >= 15 is 0 Å². The molecule has 0 aromatic heterocycles. The number of ether oxygens (including phenoxy) is 10. The number of carbonyl (C=O) groups is 4.